The molecule has 1 N–H and O–H groups in total. The maximum absolute atomic E-state index is 10.7. The molecule has 1 saturated carbocycles. The van der Waals surface area contributed by atoms with Crippen LogP contribution in [0.1, 0.15) is 32.6 Å². The molecule has 1 fully saturated rings. The van der Waals surface area contributed by atoms with E-state index in [0.717, 1.165) is 19.3 Å². The summed E-state index contributed by atoms with van der Waals surface area (Å²) in [4.78, 5) is 11.2. The molecule has 1 aliphatic carbocycles. The van der Waals surface area contributed by atoms with Gasteiger partial charge in [-0.05, 0) is 25.2 Å². The Morgan fingerprint density at radius 1 is 1.58 bits per heavy atom. The van der Waals surface area contributed by atoms with Gasteiger partial charge in [-0.15, -0.1) is 0 Å². The number of carboxylic acid groups (broad SMARTS) is 1. The van der Waals surface area contributed by atoms with Gasteiger partial charge in [-0.25, -0.2) is 0 Å². The number of halogens is 1. The number of carboxylic acids is 1. The molecule has 0 aromatic carbocycles. The van der Waals surface area contributed by atoms with Crippen molar-refractivity contribution in [2.24, 2.45) is 11.8 Å². The molecule has 12 heavy (non-hydrogen) atoms. The summed E-state index contributed by atoms with van der Waals surface area (Å²) in [6, 6.07) is 0. The highest BCUT2D eigenvalue weighted by Gasteiger charge is 2.28. The molecular weight excluding hydrogens is 220 g/mol. The number of hydrogen-bond acceptors (Lipinski definition) is 1. The third-order valence-electron chi connectivity index (χ3n) is 2.75. The van der Waals surface area contributed by atoms with Crippen LogP contribution in [0.3, 0.4) is 0 Å². The first-order chi connectivity index (χ1) is 5.61. The Labute approximate surface area is 81.5 Å². The average molecular weight is 235 g/mol. The van der Waals surface area contributed by atoms with Crippen molar-refractivity contribution in [2.75, 3.05) is 0 Å². The third-order valence-corrected chi connectivity index (χ3v) is 3.58. The fourth-order valence-electron chi connectivity index (χ4n) is 1.82. The summed E-state index contributed by atoms with van der Waals surface area (Å²) in [6.45, 7) is 1.82. The summed E-state index contributed by atoms with van der Waals surface area (Å²) in [5.74, 6) is -0.451. The van der Waals surface area contributed by atoms with E-state index in [0.29, 0.717) is 10.7 Å². The molecule has 0 radical (unpaired) electrons. The van der Waals surface area contributed by atoms with E-state index < -0.39 is 5.97 Å². The van der Waals surface area contributed by atoms with Gasteiger partial charge in [-0.1, -0.05) is 29.3 Å². The van der Waals surface area contributed by atoms with E-state index in [1.54, 1.807) is 0 Å². The summed E-state index contributed by atoms with van der Waals surface area (Å²) in [5, 5.41) is 8.81. The number of alkyl halides is 1. The minimum absolute atomic E-state index is 0.176. The van der Waals surface area contributed by atoms with Crippen LogP contribution >= 0.6 is 15.9 Å². The summed E-state index contributed by atoms with van der Waals surface area (Å²) in [6.07, 6.45) is 4.46. The lowest BCUT2D eigenvalue weighted by Crippen LogP contribution is -2.26. The lowest BCUT2D eigenvalue weighted by Gasteiger charge is -2.28. The van der Waals surface area contributed by atoms with Gasteiger partial charge in [0, 0.05) is 4.83 Å². The fraction of sp³-hybridized carbons (Fsp3) is 0.889. The molecule has 3 atom stereocenters. The quantitative estimate of drug-likeness (QED) is 0.747. The van der Waals surface area contributed by atoms with Crippen molar-refractivity contribution in [1.29, 1.82) is 0 Å². The highest BCUT2D eigenvalue weighted by molar-refractivity contribution is 9.09. The zero-order valence-corrected chi connectivity index (χ0v) is 8.88. The van der Waals surface area contributed by atoms with Crippen molar-refractivity contribution >= 4 is 21.9 Å². The van der Waals surface area contributed by atoms with Crippen LogP contribution in [0, 0.1) is 11.8 Å². The van der Waals surface area contributed by atoms with Crippen molar-refractivity contribution in [3.8, 4) is 0 Å². The van der Waals surface area contributed by atoms with Crippen LogP contribution in [0.25, 0.3) is 0 Å². The number of carbonyl (C=O) groups is 1. The standard InChI is InChI=1S/C9H15BrO2/c1-6(9(11)12)7-3-2-4-8(10)5-7/h6-8H,2-5H2,1H3,(H,11,12). The largest absolute Gasteiger partial charge is 0.481 e. The van der Waals surface area contributed by atoms with Crippen LogP contribution in [0.4, 0.5) is 0 Å². The van der Waals surface area contributed by atoms with Crippen LogP contribution < -0.4 is 0 Å². The average Bonchev–Trinajstić information content (AvgIpc) is 2.03. The summed E-state index contributed by atoms with van der Waals surface area (Å²) in [5.41, 5.74) is 0. The molecule has 0 bridgehead atoms. The van der Waals surface area contributed by atoms with E-state index in [2.05, 4.69) is 15.9 Å². The first-order valence-electron chi connectivity index (χ1n) is 4.48. The van der Waals surface area contributed by atoms with Gasteiger partial charge in [0.05, 0.1) is 5.92 Å². The fourth-order valence-corrected chi connectivity index (χ4v) is 2.63. The van der Waals surface area contributed by atoms with Gasteiger partial charge in [0.2, 0.25) is 0 Å². The first kappa shape index (κ1) is 10.0. The van der Waals surface area contributed by atoms with Crippen LogP contribution in [0.15, 0.2) is 0 Å². The molecule has 3 unspecified atom stereocenters. The zero-order valence-electron chi connectivity index (χ0n) is 7.29. The summed E-state index contributed by atoms with van der Waals surface area (Å²) >= 11 is 3.55. The SMILES string of the molecule is CC(C(=O)O)C1CCCC(Br)C1. The monoisotopic (exact) mass is 234 g/mol. The predicted octanol–water partition coefficient (Wildman–Crippen LogP) is 2.66. The topological polar surface area (TPSA) is 37.3 Å². The maximum atomic E-state index is 10.7. The van der Waals surface area contributed by atoms with Gasteiger partial charge in [0.25, 0.3) is 0 Å². The second kappa shape index (κ2) is 4.26. The Bertz CT molecular complexity index is 170. The summed E-state index contributed by atoms with van der Waals surface area (Å²) < 4.78 is 0. The molecular formula is C9H15BrO2. The molecule has 0 aromatic rings. The normalized spacial score (nSPS) is 32.8. The van der Waals surface area contributed by atoms with E-state index in [1.165, 1.54) is 6.42 Å². The summed E-state index contributed by atoms with van der Waals surface area (Å²) in [7, 11) is 0. The second-order valence-electron chi connectivity index (χ2n) is 3.65. The van der Waals surface area contributed by atoms with Crippen molar-refractivity contribution in [2.45, 2.75) is 37.4 Å². The Morgan fingerprint density at radius 2 is 2.25 bits per heavy atom. The van der Waals surface area contributed by atoms with Gasteiger partial charge in [0.1, 0.15) is 0 Å². The Hall–Kier alpha value is -0.0500. The molecule has 0 saturated heterocycles. The van der Waals surface area contributed by atoms with Gasteiger partial charge in [0.15, 0.2) is 0 Å². The van der Waals surface area contributed by atoms with E-state index >= 15 is 0 Å². The van der Waals surface area contributed by atoms with Crippen molar-refractivity contribution in [1.82, 2.24) is 0 Å². The van der Waals surface area contributed by atoms with Gasteiger partial charge in [-0.3, -0.25) is 4.79 Å². The third kappa shape index (κ3) is 2.47. The van der Waals surface area contributed by atoms with E-state index in [1.807, 2.05) is 6.92 Å². The minimum Gasteiger partial charge on any atom is -0.481 e. The van der Waals surface area contributed by atoms with Crippen molar-refractivity contribution < 1.29 is 9.90 Å². The lowest BCUT2D eigenvalue weighted by atomic mass is 9.81. The highest BCUT2D eigenvalue weighted by Crippen LogP contribution is 2.33. The van der Waals surface area contributed by atoms with Gasteiger partial charge < -0.3 is 5.11 Å². The molecule has 1 aliphatic rings. The van der Waals surface area contributed by atoms with E-state index in [-0.39, 0.29) is 5.92 Å². The van der Waals surface area contributed by atoms with Crippen molar-refractivity contribution in [3.63, 3.8) is 0 Å². The molecule has 0 aromatic heterocycles. The molecule has 3 heteroatoms. The predicted molar refractivity (Wildman–Crippen MR) is 51.5 cm³/mol. The molecule has 0 amide bonds. The van der Waals surface area contributed by atoms with E-state index in [9.17, 15) is 4.79 Å². The second-order valence-corrected chi connectivity index (χ2v) is 4.95. The van der Waals surface area contributed by atoms with Crippen LogP contribution in [0.5, 0.6) is 0 Å². The molecule has 0 spiro atoms. The number of hydrogen-bond donors (Lipinski definition) is 1. The van der Waals surface area contributed by atoms with Crippen molar-refractivity contribution in [3.05, 3.63) is 0 Å². The number of rotatable bonds is 2. The molecule has 1 rings (SSSR count). The first-order valence-corrected chi connectivity index (χ1v) is 5.39. The molecule has 70 valence electrons. The molecule has 0 aliphatic heterocycles. The highest BCUT2D eigenvalue weighted by atomic mass is 79.9. The maximum Gasteiger partial charge on any atom is 0.306 e. The van der Waals surface area contributed by atoms with Crippen LogP contribution in [0.2, 0.25) is 0 Å². The van der Waals surface area contributed by atoms with E-state index in [4.69, 9.17) is 5.11 Å². The number of aliphatic carboxylic acids is 1. The Morgan fingerprint density at radius 3 is 2.75 bits per heavy atom. The Balaban J connectivity index is 2.45. The van der Waals surface area contributed by atoms with Gasteiger partial charge in [-0.2, -0.15) is 0 Å². The molecule has 2 nitrogen and oxygen atoms in total. The lowest BCUT2D eigenvalue weighted by molar-refractivity contribution is -0.143. The smallest absolute Gasteiger partial charge is 0.306 e. The van der Waals surface area contributed by atoms with Crippen LogP contribution in [-0.2, 0) is 4.79 Å². The molecule has 0 heterocycles. The Kier molecular flexibility index (Phi) is 3.56. The zero-order chi connectivity index (χ0) is 9.14. The van der Waals surface area contributed by atoms with Gasteiger partial charge >= 0.3 is 5.97 Å². The minimum atomic E-state index is -0.651. The van der Waals surface area contributed by atoms with Crippen LogP contribution in [-0.4, -0.2) is 15.9 Å².